The van der Waals surface area contributed by atoms with Crippen LogP contribution < -0.4 is 10.2 Å². The fourth-order valence-electron chi connectivity index (χ4n) is 0.807. The Hall–Kier alpha value is -1.55. The third kappa shape index (κ3) is 3.13. The summed E-state index contributed by atoms with van der Waals surface area (Å²) in [5, 5.41) is 0. The number of carbonyl (C=O) groups excluding carboxylic acids is 1. The van der Waals surface area contributed by atoms with Crippen LogP contribution in [-0.2, 0) is 4.84 Å². The van der Waals surface area contributed by atoms with Crippen molar-refractivity contribution in [3.05, 3.63) is 29.8 Å². The molecular weight excluding hydrogens is 170 g/mol. The largest absolute Gasteiger partial charge is 0.533 e. The maximum atomic E-state index is 10.8. The van der Waals surface area contributed by atoms with Gasteiger partial charge in [0.2, 0.25) is 0 Å². The Morgan fingerprint density at radius 3 is 2.46 bits per heavy atom. The fraction of sp³-hybridized carbons (Fsp3) is 0.222. The normalized spacial score (nSPS) is 9.38. The highest BCUT2D eigenvalue weighted by molar-refractivity contribution is 5.63. The van der Waals surface area contributed by atoms with E-state index in [2.05, 4.69) is 10.3 Å². The Balaban J connectivity index is 2.54. The summed E-state index contributed by atoms with van der Waals surface area (Å²) in [6.07, 6.45) is -0.772. The van der Waals surface area contributed by atoms with Crippen molar-refractivity contribution < 1.29 is 14.4 Å². The lowest BCUT2D eigenvalue weighted by Crippen LogP contribution is -2.18. The van der Waals surface area contributed by atoms with Crippen molar-refractivity contribution >= 4 is 6.16 Å². The quantitative estimate of drug-likeness (QED) is 0.428. The number of hydrogen-bond acceptors (Lipinski definition) is 4. The molecule has 0 saturated heterocycles. The number of aryl methyl sites for hydroxylation is 1. The lowest BCUT2D eigenvalue weighted by atomic mass is 10.2. The Morgan fingerprint density at radius 2 is 1.92 bits per heavy atom. The molecule has 0 heterocycles. The van der Waals surface area contributed by atoms with E-state index in [-0.39, 0.29) is 0 Å². The van der Waals surface area contributed by atoms with Gasteiger partial charge < -0.3 is 9.57 Å². The molecule has 1 aromatic carbocycles. The molecule has 1 N–H and O–H groups in total. The van der Waals surface area contributed by atoms with E-state index in [1.807, 2.05) is 19.1 Å². The molecule has 0 aliphatic heterocycles. The summed E-state index contributed by atoms with van der Waals surface area (Å²) in [5.74, 6) is 0.464. The van der Waals surface area contributed by atoms with Gasteiger partial charge in [0.15, 0.2) is 0 Å². The molecule has 1 rings (SSSR count). The van der Waals surface area contributed by atoms with Crippen molar-refractivity contribution in [2.24, 2.45) is 0 Å². The first kappa shape index (κ1) is 9.54. The van der Waals surface area contributed by atoms with E-state index < -0.39 is 6.16 Å². The van der Waals surface area contributed by atoms with Gasteiger partial charge in [-0.25, -0.2) is 4.79 Å². The molecule has 70 valence electrons. The summed E-state index contributed by atoms with van der Waals surface area (Å²) in [5.41, 5.74) is 3.33. The summed E-state index contributed by atoms with van der Waals surface area (Å²) in [6.45, 7) is 1.95. The van der Waals surface area contributed by atoms with Crippen LogP contribution in [0.2, 0.25) is 0 Å². The predicted octanol–water partition coefficient (Wildman–Crippen LogP) is 1.64. The van der Waals surface area contributed by atoms with E-state index >= 15 is 0 Å². The van der Waals surface area contributed by atoms with E-state index in [4.69, 9.17) is 4.74 Å². The van der Waals surface area contributed by atoms with Crippen molar-refractivity contribution in [1.29, 1.82) is 0 Å². The van der Waals surface area contributed by atoms with Crippen LogP contribution in [0, 0.1) is 6.92 Å². The molecule has 0 spiro atoms. The van der Waals surface area contributed by atoms with Crippen LogP contribution in [0.4, 0.5) is 4.79 Å². The van der Waals surface area contributed by atoms with Crippen molar-refractivity contribution in [3.63, 3.8) is 0 Å². The van der Waals surface area contributed by atoms with Gasteiger partial charge in [0.25, 0.3) is 0 Å². The Kier molecular flexibility index (Phi) is 3.28. The summed E-state index contributed by atoms with van der Waals surface area (Å²) < 4.78 is 4.79. The van der Waals surface area contributed by atoms with E-state index in [0.717, 1.165) is 5.56 Å². The molecule has 0 atom stereocenters. The monoisotopic (exact) mass is 181 g/mol. The van der Waals surface area contributed by atoms with Crippen LogP contribution in [0.5, 0.6) is 5.75 Å². The van der Waals surface area contributed by atoms with Crippen LogP contribution >= 0.6 is 0 Å². The van der Waals surface area contributed by atoms with Gasteiger partial charge in [-0.3, -0.25) is 0 Å². The zero-order valence-corrected chi connectivity index (χ0v) is 7.53. The second-order valence-electron chi connectivity index (χ2n) is 2.47. The fourth-order valence-corrected chi connectivity index (χ4v) is 0.807. The molecule has 4 heteroatoms. The van der Waals surface area contributed by atoms with Gasteiger partial charge >= 0.3 is 6.16 Å². The van der Waals surface area contributed by atoms with Crippen LogP contribution in [0.3, 0.4) is 0 Å². The number of rotatable bonds is 2. The third-order valence-electron chi connectivity index (χ3n) is 1.41. The average Bonchev–Trinajstić information content (AvgIpc) is 2.09. The van der Waals surface area contributed by atoms with E-state index in [1.54, 1.807) is 12.1 Å². The van der Waals surface area contributed by atoms with Gasteiger partial charge in [0.05, 0.1) is 0 Å². The molecule has 0 aromatic heterocycles. The summed E-state index contributed by atoms with van der Waals surface area (Å²) in [6, 6.07) is 7.10. The number of hydroxylamine groups is 1. The SMILES string of the molecule is CNOC(=O)Oc1ccc(C)cc1. The maximum Gasteiger partial charge on any atom is 0.533 e. The zero-order chi connectivity index (χ0) is 9.68. The summed E-state index contributed by atoms with van der Waals surface area (Å²) >= 11 is 0. The highest BCUT2D eigenvalue weighted by Gasteiger charge is 2.03. The smallest absolute Gasteiger partial charge is 0.394 e. The molecule has 0 unspecified atom stereocenters. The number of ether oxygens (including phenoxy) is 1. The van der Waals surface area contributed by atoms with Crippen LogP contribution in [-0.4, -0.2) is 13.2 Å². The van der Waals surface area contributed by atoms with Gasteiger partial charge in [-0.2, -0.15) is 5.48 Å². The minimum Gasteiger partial charge on any atom is -0.394 e. The van der Waals surface area contributed by atoms with Crippen LogP contribution in [0.1, 0.15) is 5.56 Å². The first-order chi connectivity index (χ1) is 6.22. The first-order valence-electron chi connectivity index (χ1n) is 3.84. The van der Waals surface area contributed by atoms with Crippen LogP contribution in [0.25, 0.3) is 0 Å². The summed E-state index contributed by atoms with van der Waals surface area (Å²) in [4.78, 5) is 15.2. The highest BCUT2D eigenvalue weighted by atomic mass is 16.8. The second kappa shape index (κ2) is 4.47. The molecule has 13 heavy (non-hydrogen) atoms. The molecule has 0 bridgehead atoms. The van der Waals surface area contributed by atoms with E-state index in [1.165, 1.54) is 7.05 Å². The molecule has 4 nitrogen and oxygen atoms in total. The minimum atomic E-state index is -0.772. The molecule has 0 aliphatic carbocycles. The Morgan fingerprint density at radius 1 is 1.31 bits per heavy atom. The van der Waals surface area contributed by atoms with Gasteiger partial charge in [-0.15, -0.1) is 0 Å². The first-order valence-corrected chi connectivity index (χ1v) is 3.84. The third-order valence-corrected chi connectivity index (χ3v) is 1.41. The molecule has 0 amide bonds. The molecule has 0 aliphatic rings. The van der Waals surface area contributed by atoms with Gasteiger partial charge in [-0.1, -0.05) is 17.7 Å². The van der Waals surface area contributed by atoms with Crippen molar-refractivity contribution in [2.75, 3.05) is 7.05 Å². The van der Waals surface area contributed by atoms with E-state index in [0.29, 0.717) is 5.75 Å². The molecule has 0 saturated carbocycles. The topological polar surface area (TPSA) is 47.6 Å². The number of benzene rings is 1. The number of carbonyl (C=O) groups is 1. The Labute approximate surface area is 76.4 Å². The molecule has 0 fully saturated rings. The minimum absolute atomic E-state index is 0.464. The van der Waals surface area contributed by atoms with Crippen molar-refractivity contribution in [2.45, 2.75) is 6.92 Å². The van der Waals surface area contributed by atoms with Crippen molar-refractivity contribution in [1.82, 2.24) is 5.48 Å². The van der Waals surface area contributed by atoms with Crippen molar-refractivity contribution in [3.8, 4) is 5.75 Å². The van der Waals surface area contributed by atoms with Gasteiger partial charge in [-0.05, 0) is 19.1 Å². The highest BCUT2D eigenvalue weighted by Crippen LogP contribution is 2.11. The lowest BCUT2D eigenvalue weighted by Gasteiger charge is -2.03. The standard InChI is InChI=1S/C9H11NO3/c1-7-3-5-8(6-4-7)12-9(11)13-10-2/h3-6,10H,1-2H3. The maximum absolute atomic E-state index is 10.8. The van der Waals surface area contributed by atoms with E-state index in [9.17, 15) is 4.79 Å². The van der Waals surface area contributed by atoms with Gasteiger partial charge in [0, 0.05) is 7.05 Å². The lowest BCUT2D eigenvalue weighted by molar-refractivity contribution is 0.0610. The summed E-state index contributed by atoms with van der Waals surface area (Å²) in [7, 11) is 1.48. The molecule has 0 radical (unpaired) electrons. The number of nitrogens with one attached hydrogen (secondary N) is 1. The van der Waals surface area contributed by atoms with Gasteiger partial charge in [0.1, 0.15) is 5.75 Å². The average molecular weight is 181 g/mol. The van der Waals surface area contributed by atoms with Crippen LogP contribution in [0.15, 0.2) is 24.3 Å². The molecular formula is C9H11NO3. The zero-order valence-electron chi connectivity index (χ0n) is 7.53. The second-order valence-corrected chi connectivity index (χ2v) is 2.47. The number of hydrogen-bond donors (Lipinski definition) is 1. The Bertz CT molecular complexity index is 281. The predicted molar refractivity (Wildman–Crippen MR) is 47.3 cm³/mol. The molecule has 1 aromatic rings.